The normalized spacial score (nSPS) is 13.2. The molecule has 0 atom stereocenters. The van der Waals surface area contributed by atoms with Crippen molar-refractivity contribution in [3.8, 4) is 5.88 Å². The molecule has 0 saturated carbocycles. The van der Waals surface area contributed by atoms with Crippen molar-refractivity contribution in [2.24, 2.45) is 0 Å². The van der Waals surface area contributed by atoms with Gasteiger partial charge < -0.3 is 14.6 Å². The van der Waals surface area contributed by atoms with Gasteiger partial charge in [0.1, 0.15) is 10.8 Å². The third-order valence-corrected chi connectivity index (χ3v) is 6.43. The quantitative estimate of drug-likeness (QED) is 0.624. The number of rotatable bonds is 6. The molecule has 0 saturated heterocycles. The average Bonchev–Trinajstić information content (AvgIpc) is 3.39. The zero-order valence-corrected chi connectivity index (χ0v) is 16.4. The molecule has 0 fully saturated rings. The maximum Gasteiger partial charge on any atom is 0.262 e. The smallest absolute Gasteiger partial charge is 0.262 e. The lowest BCUT2D eigenvalue weighted by molar-refractivity contribution is -0.118. The highest BCUT2D eigenvalue weighted by Crippen LogP contribution is 2.39. The number of anilines is 1. The van der Waals surface area contributed by atoms with E-state index in [2.05, 4.69) is 10.5 Å². The fourth-order valence-electron chi connectivity index (χ4n) is 3.14. The van der Waals surface area contributed by atoms with Crippen LogP contribution in [0.4, 0.5) is 5.00 Å². The molecule has 1 N–H and O–H groups in total. The molecule has 0 aliphatic heterocycles. The molecule has 0 spiro atoms. The molecule has 4 rings (SSSR count). The van der Waals surface area contributed by atoms with Crippen LogP contribution in [0.1, 0.15) is 44.3 Å². The molecular weight excluding hydrogens is 384 g/mol. The summed E-state index contributed by atoms with van der Waals surface area (Å²) in [5.74, 6) is 0.533. The second kappa shape index (κ2) is 7.66. The summed E-state index contributed by atoms with van der Waals surface area (Å²) in [5.41, 5.74) is 1.73. The standard InChI is InChI=1S/C19H18N2O4S2/c1-11-9-16(21-25-11)24-10-15(22)20-19-17(18(23)14-7-4-8-26-14)12-5-2-3-6-13(12)27-19/h4,7-9H,2-3,5-6,10H2,1H3,(H,20,22). The Balaban J connectivity index is 1.55. The van der Waals surface area contributed by atoms with Gasteiger partial charge in [0, 0.05) is 10.9 Å². The molecule has 8 heteroatoms. The zero-order valence-electron chi connectivity index (χ0n) is 14.7. The van der Waals surface area contributed by atoms with E-state index in [0.29, 0.717) is 21.2 Å². The molecule has 0 aromatic carbocycles. The second-order valence-corrected chi connectivity index (χ2v) is 8.39. The molecule has 140 valence electrons. The highest BCUT2D eigenvalue weighted by Gasteiger charge is 2.27. The molecule has 3 aromatic heterocycles. The minimum Gasteiger partial charge on any atom is -0.465 e. The van der Waals surface area contributed by atoms with Crippen LogP contribution in [0.2, 0.25) is 0 Å². The van der Waals surface area contributed by atoms with Crippen molar-refractivity contribution < 1.29 is 18.8 Å². The van der Waals surface area contributed by atoms with Gasteiger partial charge in [0.2, 0.25) is 5.78 Å². The van der Waals surface area contributed by atoms with Crippen molar-refractivity contribution in [2.75, 3.05) is 11.9 Å². The SMILES string of the molecule is Cc1cc(OCC(=O)Nc2sc3c(c2C(=O)c2cccs2)CCCC3)no1. The fourth-order valence-corrected chi connectivity index (χ4v) is 5.11. The third kappa shape index (κ3) is 3.81. The van der Waals surface area contributed by atoms with Crippen LogP contribution < -0.4 is 10.1 Å². The Morgan fingerprint density at radius 1 is 1.33 bits per heavy atom. The summed E-state index contributed by atoms with van der Waals surface area (Å²) in [6.45, 7) is 1.56. The van der Waals surface area contributed by atoms with Crippen LogP contribution in [0, 0.1) is 6.92 Å². The summed E-state index contributed by atoms with van der Waals surface area (Å²) in [6.07, 6.45) is 4.01. The number of hydrogen-bond acceptors (Lipinski definition) is 7. The number of fused-ring (bicyclic) bond motifs is 1. The first-order valence-electron chi connectivity index (χ1n) is 8.70. The zero-order chi connectivity index (χ0) is 18.8. The number of carbonyl (C=O) groups excluding carboxylic acids is 2. The summed E-state index contributed by atoms with van der Waals surface area (Å²) in [4.78, 5) is 27.3. The predicted molar refractivity (Wildman–Crippen MR) is 104 cm³/mol. The van der Waals surface area contributed by atoms with Crippen molar-refractivity contribution in [3.05, 3.63) is 50.2 Å². The van der Waals surface area contributed by atoms with E-state index in [9.17, 15) is 9.59 Å². The topological polar surface area (TPSA) is 81.4 Å². The van der Waals surface area contributed by atoms with Crippen LogP contribution in [0.5, 0.6) is 5.88 Å². The van der Waals surface area contributed by atoms with Crippen LogP contribution in [0.15, 0.2) is 28.1 Å². The van der Waals surface area contributed by atoms with Crippen LogP contribution in [0.25, 0.3) is 0 Å². The number of carbonyl (C=O) groups is 2. The van der Waals surface area contributed by atoms with E-state index in [-0.39, 0.29) is 24.2 Å². The van der Waals surface area contributed by atoms with Crippen molar-refractivity contribution in [3.63, 3.8) is 0 Å². The largest absolute Gasteiger partial charge is 0.465 e. The van der Waals surface area contributed by atoms with Gasteiger partial charge in [0.15, 0.2) is 6.61 Å². The van der Waals surface area contributed by atoms with Crippen LogP contribution in [-0.2, 0) is 17.6 Å². The first-order chi connectivity index (χ1) is 13.1. The van der Waals surface area contributed by atoms with E-state index in [1.807, 2.05) is 17.5 Å². The van der Waals surface area contributed by atoms with Gasteiger partial charge in [-0.3, -0.25) is 9.59 Å². The predicted octanol–water partition coefficient (Wildman–Crippen LogP) is 4.23. The number of hydrogen-bond donors (Lipinski definition) is 1. The van der Waals surface area contributed by atoms with Crippen molar-refractivity contribution in [1.29, 1.82) is 0 Å². The molecule has 1 aliphatic carbocycles. The molecule has 3 heterocycles. The lowest BCUT2D eigenvalue weighted by Gasteiger charge is -2.12. The molecule has 0 bridgehead atoms. The molecule has 0 unspecified atom stereocenters. The summed E-state index contributed by atoms with van der Waals surface area (Å²) in [5, 5.41) is 9.07. The Bertz CT molecular complexity index is 972. The summed E-state index contributed by atoms with van der Waals surface area (Å²) in [6, 6.07) is 5.30. The van der Waals surface area contributed by atoms with Gasteiger partial charge in [-0.05, 0) is 54.8 Å². The van der Waals surface area contributed by atoms with Crippen molar-refractivity contribution in [1.82, 2.24) is 5.16 Å². The minimum atomic E-state index is -0.325. The van der Waals surface area contributed by atoms with Crippen molar-refractivity contribution in [2.45, 2.75) is 32.6 Å². The molecule has 1 aliphatic rings. The lowest BCUT2D eigenvalue weighted by Crippen LogP contribution is -2.21. The monoisotopic (exact) mass is 402 g/mol. The average molecular weight is 402 g/mol. The van der Waals surface area contributed by atoms with Gasteiger partial charge in [0.05, 0.1) is 10.4 Å². The number of thiophene rings is 2. The number of nitrogens with one attached hydrogen (secondary N) is 1. The summed E-state index contributed by atoms with van der Waals surface area (Å²) < 4.78 is 10.3. The maximum absolute atomic E-state index is 13.0. The van der Waals surface area contributed by atoms with Gasteiger partial charge in [-0.2, -0.15) is 0 Å². The maximum atomic E-state index is 13.0. The molecule has 6 nitrogen and oxygen atoms in total. The molecule has 0 radical (unpaired) electrons. The molecule has 3 aromatic rings. The highest BCUT2D eigenvalue weighted by atomic mass is 32.1. The number of amides is 1. The Hall–Kier alpha value is -2.45. The highest BCUT2D eigenvalue weighted by molar-refractivity contribution is 7.17. The molecular formula is C19H18N2O4S2. The number of aryl methyl sites for hydroxylation is 2. The van der Waals surface area contributed by atoms with Gasteiger partial charge in [-0.15, -0.1) is 22.7 Å². The lowest BCUT2D eigenvalue weighted by atomic mass is 9.93. The Kier molecular flexibility index (Phi) is 5.09. The summed E-state index contributed by atoms with van der Waals surface area (Å²) >= 11 is 2.92. The van der Waals surface area contributed by atoms with E-state index in [1.165, 1.54) is 27.6 Å². The molecule has 27 heavy (non-hydrogen) atoms. The van der Waals surface area contributed by atoms with Gasteiger partial charge in [0.25, 0.3) is 11.8 Å². The molecule has 1 amide bonds. The first-order valence-corrected chi connectivity index (χ1v) is 10.4. The number of nitrogens with zero attached hydrogens (tertiary/aromatic N) is 1. The minimum absolute atomic E-state index is 0.0206. The van der Waals surface area contributed by atoms with Crippen LogP contribution in [0.3, 0.4) is 0 Å². The number of ketones is 1. The Morgan fingerprint density at radius 2 is 2.19 bits per heavy atom. The Labute approximate surface area is 164 Å². The summed E-state index contributed by atoms with van der Waals surface area (Å²) in [7, 11) is 0. The van der Waals surface area contributed by atoms with E-state index < -0.39 is 0 Å². The van der Waals surface area contributed by atoms with E-state index in [4.69, 9.17) is 9.26 Å². The third-order valence-electron chi connectivity index (χ3n) is 4.35. The van der Waals surface area contributed by atoms with Crippen molar-refractivity contribution >= 4 is 39.4 Å². The fraction of sp³-hybridized carbons (Fsp3) is 0.316. The second-order valence-electron chi connectivity index (χ2n) is 6.33. The van der Waals surface area contributed by atoms with Gasteiger partial charge in [-0.25, -0.2) is 0 Å². The van der Waals surface area contributed by atoms with Gasteiger partial charge in [-0.1, -0.05) is 6.07 Å². The van der Waals surface area contributed by atoms with E-state index in [1.54, 1.807) is 13.0 Å². The number of aromatic nitrogens is 1. The van der Waals surface area contributed by atoms with Crippen LogP contribution in [-0.4, -0.2) is 23.5 Å². The van der Waals surface area contributed by atoms with E-state index >= 15 is 0 Å². The first kappa shape index (κ1) is 17.9. The Morgan fingerprint density at radius 3 is 2.93 bits per heavy atom. The van der Waals surface area contributed by atoms with Crippen LogP contribution >= 0.6 is 22.7 Å². The van der Waals surface area contributed by atoms with E-state index in [0.717, 1.165) is 31.2 Å². The van der Waals surface area contributed by atoms with Gasteiger partial charge >= 0.3 is 0 Å². The number of ether oxygens (including phenoxy) is 1.